The topological polar surface area (TPSA) is 57.7 Å². The van der Waals surface area contributed by atoms with E-state index in [0.29, 0.717) is 39.3 Å². The van der Waals surface area contributed by atoms with Crippen LogP contribution in [-0.2, 0) is 10.9 Å². The summed E-state index contributed by atoms with van der Waals surface area (Å²) in [4.78, 5) is 21.9. The molecule has 5 rings (SSSR count). The highest BCUT2D eigenvalue weighted by Gasteiger charge is 2.34. The van der Waals surface area contributed by atoms with Crippen molar-refractivity contribution in [2.75, 3.05) is 51.3 Å². The number of alkyl halides is 3. The molecule has 1 aromatic heterocycles. The van der Waals surface area contributed by atoms with Crippen LogP contribution in [-0.4, -0.2) is 66.8 Å². The Labute approximate surface area is 251 Å². The maximum atomic E-state index is 13.8. The SMILES string of the molecule is O=C(Nc1nc(-c2ccc(F)c(C(F)(F)F)c2)cs1)N(CCC(c1ccccc1)c1ccccc1)CCN1CCOCC1. The lowest BCUT2D eigenvalue weighted by atomic mass is 9.88. The number of ether oxygens (including phenoxy) is 1. The number of thiazole rings is 1. The maximum absolute atomic E-state index is 13.8. The smallest absolute Gasteiger partial charge is 0.379 e. The zero-order chi connectivity index (χ0) is 30.2. The molecule has 1 N–H and O–H groups in total. The number of amides is 2. The van der Waals surface area contributed by atoms with Gasteiger partial charge in [-0.05, 0) is 35.7 Å². The lowest BCUT2D eigenvalue weighted by Crippen LogP contribution is -2.44. The van der Waals surface area contributed by atoms with Gasteiger partial charge in [-0.25, -0.2) is 14.2 Å². The summed E-state index contributed by atoms with van der Waals surface area (Å²) in [7, 11) is 0. The third-order valence-corrected chi connectivity index (χ3v) is 8.21. The van der Waals surface area contributed by atoms with Crippen molar-refractivity contribution >= 4 is 22.5 Å². The Balaban J connectivity index is 1.32. The highest BCUT2D eigenvalue weighted by Crippen LogP contribution is 2.35. The molecule has 0 atom stereocenters. The van der Waals surface area contributed by atoms with Crippen molar-refractivity contribution in [3.63, 3.8) is 0 Å². The Kier molecular flexibility index (Phi) is 10.1. The van der Waals surface area contributed by atoms with E-state index in [0.717, 1.165) is 47.7 Å². The minimum Gasteiger partial charge on any atom is -0.379 e. The Hall–Kier alpha value is -3.80. The molecular formula is C32H32F4N4O2S. The number of morpholine rings is 1. The number of nitrogens with one attached hydrogen (secondary N) is 1. The van der Waals surface area contributed by atoms with Crippen molar-refractivity contribution in [1.82, 2.24) is 14.8 Å². The molecule has 0 unspecified atom stereocenters. The summed E-state index contributed by atoms with van der Waals surface area (Å²) in [6.45, 7) is 4.51. The first-order chi connectivity index (χ1) is 20.8. The molecule has 0 radical (unpaired) electrons. The van der Waals surface area contributed by atoms with Gasteiger partial charge in [0.2, 0.25) is 0 Å². The van der Waals surface area contributed by atoms with Crippen LogP contribution in [0.5, 0.6) is 0 Å². The molecule has 1 aliphatic rings. The summed E-state index contributed by atoms with van der Waals surface area (Å²) in [6, 6.07) is 22.8. The number of carbonyl (C=O) groups is 1. The van der Waals surface area contributed by atoms with E-state index in [1.165, 1.54) is 6.07 Å². The van der Waals surface area contributed by atoms with Crippen LogP contribution in [0.2, 0.25) is 0 Å². The van der Waals surface area contributed by atoms with E-state index in [-0.39, 0.29) is 28.3 Å². The molecule has 226 valence electrons. The van der Waals surface area contributed by atoms with Crippen molar-refractivity contribution in [1.29, 1.82) is 0 Å². The molecule has 2 heterocycles. The summed E-state index contributed by atoms with van der Waals surface area (Å²) in [6.07, 6.45) is -4.14. The number of benzene rings is 3. The molecule has 0 saturated carbocycles. The molecule has 1 saturated heterocycles. The van der Waals surface area contributed by atoms with Gasteiger partial charge >= 0.3 is 12.2 Å². The molecule has 11 heteroatoms. The number of hydrogen-bond acceptors (Lipinski definition) is 5. The Morgan fingerprint density at radius 2 is 1.63 bits per heavy atom. The van der Waals surface area contributed by atoms with E-state index < -0.39 is 17.6 Å². The van der Waals surface area contributed by atoms with Gasteiger partial charge in [0, 0.05) is 49.6 Å². The molecule has 0 bridgehead atoms. The van der Waals surface area contributed by atoms with Crippen molar-refractivity contribution in [2.24, 2.45) is 0 Å². The van der Waals surface area contributed by atoms with Crippen LogP contribution < -0.4 is 5.32 Å². The first kappa shape index (κ1) is 30.7. The van der Waals surface area contributed by atoms with E-state index in [9.17, 15) is 22.4 Å². The predicted octanol–water partition coefficient (Wildman–Crippen LogP) is 7.36. The average Bonchev–Trinajstić information content (AvgIpc) is 3.48. The number of urea groups is 1. The van der Waals surface area contributed by atoms with E-state index in [1.54, 1.807) is 10.3 Å². The standard InChI is InChI=1S/C32H32F4N4O2S/c33-28-12-11-25(21-27(28)32(34,35)36)29-22-43-30(37-29)38-31(41)40(16-15-39-17-19-42-20-18-39)14-13-26(23-7-3-1-4-8-23)24-9-5-2-6-10-24/h1-12,21-22,26H,13-20H2,(H,37,38,41). The van der Waals surface area contributed by atoms with Gasteiger partial charge in [-0.1, -0.05) is 60.7 Å². The number of nitrogens with zero attached hydrogens (tertiary/aromatic N) is 3. The third kappa shape index (κ3) is 8.19. The van der Waals surface area contributed by atoms with E-state index >= 15 is 0 Å². The second kappa shape index (κ2) is 14.1. The van der Waals surface area contributed by atoms with Crippen LogP contribution in [0, 0.1) is 5.82 Å². The van der Waals surface area contributed by atoms with Crippen LogP contribution in [0.4, 0.5) is 27.5 Å². The number of aromatic nitrogens is 1. The molecular weight excluding hydrogens is 580 g/mol. The van der Waals surface area contributed by atoms with Gasteiger partial charge in [0.25, 0.3) is 0 Å². The van der Waals surface area contributed by atoms with Gasteiger partial charge in [-0.2, -0.15) is 13.2 Å². The summed E-state index contributed by atoms with van der Waals surface area (Å²) in [5.74, 6) is -1.27. The fourth-order valence-corrected chi connectivity index (χ4v) is 5.83. The Bertz CT molecular complexity index is 1440. The third-order valence-electron chi connectivity index (χ3n) is 7.45. The summed E-state index contributed by atoms with van der Waals surface area (Å²) in [5.41, 5.74) is 1.29. The highest BCUT2D eigenvalue weighted by molar-refractivity contribution is 7.14. The normalized spacial score (nSPS) is 14.2. The monoisotopic (exact) mass is 612 g/mol. The summed E-state index contributed by atoms with van der Waals surface area (Å²) in [5, 5.41) is 4.63. The van der Waals surface area contributed by atoms with Gasteiger partial charge in [0.05, 0.1) is 24.5 Å². The number of anilines is 1. The lowest BCUT2D eigenvalue weighted by Gasteiger charge is -2.31. The van der Waals surface area contributed by atoms with Crippen LogP contribution in [0.15, 0.2) is 84.2 Å². The van der Waals surface area contributed by atoms with Crippen molar-refractivity contribution in [2.45, 2.75) is 18.5 Å². The lowest BCUT2D eigenvalue weighted by molar-refractivity contribution is -0.139. The molecule has 0 spiro atoms. The highest BCUT2D eigenvalue weighted by atomic mass is 32.1. The minimum atomic E-state index is -4.83. The molecule has 4 aromatic rings. The summed E-state index contributed by atoms with van der Waals surface area (Å²) < 4.78 is 58.9. The first-order valence-electron chi connectivity index (χ1n) is 14.1. The largest absolute Gasteiger partial charge is 0.419 e. The fourth-order valence-electron chi connectivity index (χ4n) is 5.12. The van der Waals surface area contributed by atoms with Gasteiger partial charge in [0.1, 0.15) is 5.82 Å². The minimum absolute atomic E-state index is 0.0776. The van der Waals surface area contributed by atoms with Gasteiger partial charge in [0.15, 0.2) is 5.13 Å². The van der Waals surface area contributed by atoms with Gasteiger partial charge in [-0.3, -0.25) is 10.2 Å². The second-order valence-electron chi connectivity index (χ2n) is 10.3. The van der Waals surface area contributed by atoms with Crippen molar-refractivity contribution in [3.05, 3.63) is 107 Å². The maximum Gasteiger partial charge on any atom is 0.419 e. The van der Waals surface area contributed by atoms with Crippen LogP contribution in [0.1, 0.15) is 29.0 Å². The molecule has 2 amide bonds. The van der Waals surface area contributed by atoms with Gasteiger partial charge < -0.3 is 9.64 Å². The van der Waals surface area contributed by atoms with E-state index in [4.69, 9.17) is 4.74 Å². The zero-order valence-corrected chi connectivity index (χ0v) is 24.2. The van der Waals surface area contributed by atoms with Gasteiger partial charge in [-0.15, -0.1) is 11.3 Å². The molecule has 1 aliphatic heterocycles. The molecule has 3 aromatic carbocycles. The first-order valence-corrected chi connectivity index (χ1v) is 14.9. The van der Waals surface area contributed by atoms with Crippen LogP contribution >= 0.6 is 11.3 Å². The fraction of sp³-hybridized carbons (Fsp3) is 0.312. The summed E-state index contributed by atoms with van der Waals surface area (Å²) >= 11 is 1.10. The number of halogens is 4. The number of hydrogen-bond donors (Lipinski definition) is 1. The van der Waals surface area contributed by atoms with Crippen molar-refractivity contribution < 1.29 is 27.1 Å². The van der Waals surface area contributed by atoms with Crippen LogP contribution in [0.25, 0.3) is 11.3 Å². The van der Waals surface area contributed by atoms with E-state index in [1.807, 2.05) is 36.4 Å². The average molecular weight is 613 g/mol. The number of rotatable bonds is 10. The predicted molar refractivity (Wildman–Crippen MR) is 160 cm³/mol. The molecule has 0 aliphatic carbocycles. The van der Waals surface area contributed by atoms with Crippen molar-refractivity contribution in [3.8, 4) is 11.3 Å². The Morgan fingerprint density at radius 1 is 0.977 bits per heavy atom. The zero-order valence-electron chi connectivity index (χ0n) is 23.4. The molecule has 1 fully saturated rings. The molecule has 6 nitrogen and oxygen atoms in total. The van der Waals surface area contributed by atoms with Crippen LogP contribution in [0.3, 0.4) is 0 Å². The quantitative estimate of drug-likeness (QED) is 0.190. The number of carbonyl (C=O) groups excluding carboxylic acids is 1. The molecule has 43 heavy (non-hydrogen) atoms. The van der Waals surface area contributed by atoms with E-state index in [2.05, 4.69) is 39.5 Å². The second-order valence-corrected chi connectivity index (χ2v) is 11.1. The Morgan fingerprint density at radius 3 is 2.26 bits per heavy atom.